The number of nitrogens with zero attached hydrogens (tertiary/aromatic N) is 3. The fourth-order valence-electron chi connectivity index (χ4n) is 2.44. The molecule has 1 amide bonds. The van der Waals surface area contributed by atoms with Crippen molar-refractivity contribution < 1.29 is 4.79 Å². The Morgan fingerprint density at radius 2 is 2.04 bits per heavy atom. The molecule has 0 atom stereocenters. The number of thiazole rings is 1. The highest BCUT2D eigenvalue weighted by atomic mass is 35.5. The zero-order chi connectivity index (χ0) is 18.1. The summed E-state index contributed by atoms with van der Waals surface area (Å²) in [6.45, 7) is 7.87. The molecule has 0 aliphatic heterocycles. The molecule has 1 aromatic carbocycles. The summed E-state index contributed by atoms with van der Waals surface area (Å²) < 4.78 is 1.68. The molecule has 0 saturated heterocycles. The molecule has 0 bridgehead atoms. The SMILES string of the molecule is Cc1cc(NC(=O)c2sc(C(C)C)nc2C)n(-c2cccc(Cl)c2)n1. The van der Waals surface area contributed by atoms with Gasteiger partial charge in [0.1, 0.15) is 10.7 Å². The van der Waals surface area contributed by atoms with Crippen molar-refractivity contribution in [1.29, 1.82) is 0 Å². The fourth-order valence-corrected chi connectivity index (χ4v) is 3.59. The van der Waals surface area contributed by atoms with E-state index >= 15 is 0 Å². The maximum Gasteiger partial charge on any atom is 0.268 e. The van der Waals surface area contributed by atoms with Gasteiger partial charge in [0.15, 0.2) is 0 Å². The predicted octanol–water partition coefficient (Wildman–Crippen LogP) is 4.97. The molecule has 1 N–H and O–H groups in total. The molecule has 2 heterocycles. The summed E-state index contributed by atoms with van der Waals surface area (Å²) >= 11 is 7.51. The molecule has 0 fully saturated rings. The monoisotopic (exact) mass is 374 g/mol. The van der Waals surface area contributed by atoms with Gasteiger partial charge in [0.05, 0.1) is 22.1 Å². The van der Waals surface area contributed by atoms with E-state index in [1.807, 2.05) is 32.0 Å². The van der Waals surface area contributed by atoms with Gasteiger partial charge in [0, 0.05) is 17.0 Å². The number of halogens is 1. The highest BCUT2D eigenvalue weighted by Gasteiger charge is 2.19. The lowest BCUT2D eigenvalue weighted by atomic mass is 10.2. The number of nitrogens with one attached hydrogen (secondary N) is 1. The second kappa shape index (κ2) is 6.98. The molecule has 7 heteroatoms. The van der Waals surface area contributed by atoms with Crippen LogP contribution in [0.15, 0.2) is 30.3 Å². The van der Waals surface area contributed by atoms with Crippen molar-refractivity contribution in [3.63, 3.8) is 0 Å². The van der Waals surface area contributed by atoms with Crippen molar-refractivity contribution in [2.45, 2.75) is 33.6 Å². The van der Waals surface area contributed by atoms with Gasteiger partial charge in [-0.1, -0.05) is 31.5 Å². The first-order valence-corrected chi connectivity index (χ1v) is 9.16. The van der Waals surface area contributed by atoms with Gasteiger partial charge in [-0.15, -0.1) is 11.3 Å². The minimum absolute atomic E-state index is 0.176. The summed E-state index contributed by atoms with van der Waals surface area (Å²) in [4.78, 5) is 17.8. The zero-order valence-electron chi connectivity index (χ0n) is 14.5. The number of carbonyl (C=O) groups is 1. The fraction of sp³-hybridized carbons (Fsp3) is 0.278. The molecule has 25 heavy (non-hydrogen) atoms. The van der Waals surface area contributed by atoms with Gasteiger partial charge >= 0.3 is 0 Å². The van der Waals surface area contributed by atoms with Crippen molar-refractivity contribution in [3.8, 4) is 5.69 Å². The van der Waals surface area contributed by atoms with Crippen LogP contribution in [0.25, 0.3) is 5.69 Å². The van der Waals surface area contributed by atoms with Gasteiger partial charge in [0.25, 0.3) is 5.91 Å². The van der Waals surface area contributed by atoms with E-state index in [1.165, 1.54) is 11.3 Å². The zero-order valence-corrected chi connectivity index (χ0v) is 16.1. The van der Waals surface area contributed by atoms with Crippen molar-refractivity contribution >= 4 is 34.7 Å². The Kier molecular flexibility index (Phi) is 4.92. The second-order valence-electron chi connectivity index (χ2n) is 6.14. The number of rotatable bonds is 4. The quantitative estimate of drug-likeness (QED) is 0.700. The first kappa shape index (κ1) is 17.6. The Bertz CT molecular complexity index is 929. The van der Waals surface area contributed by atoms with Gasteiger partial charge in [-0.3, -0.25) is 4.79 Å². The van der Waals surface area contributed by atoms with Crippen molar-refractivity contribution in [1.82, 2.24) is 14.8 Å². The van der Waals surface area contributed by atoms with Crippen LogP contribution in [0.4, 0.5) is 5.82 Å². The Balaban J connectivity index is 1.92. The Labute approximate surface area is 155 Å². The maximum absolute atomic E-state index is 12.7. The van der Waals surface area contributed by atoms with E-state index in [1.54, 1.807) is 16.8 Å². The standard InChI is InChI=1S/C18H19ClN4OS/c1-10(2)18-20-12(4)16(25-18)17(24)21-15-8-11(3)22-23(15)14-7-5-6-13(19)9-14/h5-10H,1-4H3,(H,21,24). The van der Waals surface area contributed by atoms with E-state index in [4.69, 9.17) is 11.6 Å². The van der Waals surface area contributed by atoms with Crippen LogP contribution in [-0.4, -0.2) is 20.7 Å². The molecule has 0 radical (unpaired) electrons. The van der Waals surface area contributed by atoms with Crippen LogP contribution in [0.5, 0.6) is 0 Å². The third-order valence-corrected chi connectivity index (χ3v) is 5.33. The van der Waals surface area contributed by atoms with E-state index in [0.717, 1.165) is 22.1 Å². The molecule has 0 spiro atoms. The van der Waals surface area contributed by atoms with Crippen LogP contribution in [-0.2, 0) is 0 Å². The number of anilines is 1. The molecule has 0 unspecified atom stereocenters. The molecule has 3 rings (SSSR count). The largest absolute Gasteiger partial charge is 0.306 e. The first-order valence-electron chi connectivity index (χ1n) is 7.96. The van der Waals surface area contributed by atoms with Gasteiger partial charge < -0.3 is 5.32 Å². The number of amides is 1. The number of aryl methyl sites for hydroxylation is 2. The van der Waals surface area contributed by atoms with Crippen molar-refractivity contribution in [2.75, 3.05) is 5.32 Å². The third-order valence-electron chi connectivity index (χ3n) is 3.64. The molecule has 0 aliphatic rings. The van der Waals surface area contributed by atoms with Crippen molar-refractivity contribution in [3.05, 3.63) is 56.6 Å². The minimum atomic E-state index is -0.176. The van der Waals surface area contributed by atoms with Crippen LogP contribution < -0.4 is 5.32 Å². The highest BCUT2D eigenvalue weighted by molar-refractivity contribution is 7.14. The molecule has 0 saturated carbocycles. The summed E-state index contributed by atoms with van der Waals surface area (Å²) in [5, 5.41) is 8.98. The summed E-state index contributed by atoms with van der Waals surface area (Å²) in [7, 11) is 0. The number of aromatic nitrogens is 3. The van der Waals surface area contributed by atoms with E-state index in [-0.39, 0.29) is 5.91 Å². The lowest BCUT2D eigenvalue weighted by Gasteiger charge is -2.08. The maximum atomic E-state index is 12.7. The Morgan fingerprint density at radius 3 is 2.68 bits per heavy atom. The Hall–Kier alpha value is -2.18. The number of benzene rings is 1. The summed E-state index contributed by atoms with van der Waals surface area (Å²) in [5.41, 5.74) is 2.34. The summed E-state index contributed by atoms with van der Waals surface area (Å²) in [6.07, 6.45) is 0. The van der Waals surface area contributed by atoms with E-state index < -0.39 is 0 Å². The molecular weight excluding hydrogens is 356 g/mol. The average molecular weight is 375 g/mol. The van der Waals surface area contributed by atoms with Crippen LogP contribution in [0.2, 0.25) is 5.02 Å². The first-order chi connectivity index (χ1) is 11.8. The van der Waals surface area contributed by atoms with Crippen LogP contribution >= 0.6 is 22.9 Å². The summed E-state index contributed by atoms with van der Waals surface area (Å²) in [6, 6.07) is 9.18. The van der Waals surface area contributed by atoms with Gasteiger partial charge in [-0.25, -0.2) is 9.67 Å². The van der Waals surface area contributed by atoms with Crippen LogP contribution in [0.1, 0.15) is 45.8 Å². The normalized spacial score (nSPS) is 11.1. The van der Waals surface area contributed by atoms with E-state index in [2.05, 4.69) is 29.2 Å². The molecule has 5 nitrogen and oxygen atoms in total. The molecule has 130 valence electrons. The molecule has 2 aromatic heterocycles. The Morgan fingerprint density at radius 1 is 1.28 bits per heavy atom. The van der Waals surface area contributed by atoms with Crippen LogP contribution in [0.3, 0.4) is 0 Å². The lowest BCUT2D eigenvalue weighted by Crippen LogP contribution is -2.15. The third kappa shape index (κ3) is 3.75. The minimum Gasteiger partial charge on any atom is -0.306 e. The lowest BCUT2D eigenvalue weighted by molar-refractivity contribution is 0.102. The molecule has 3 aromatic rings. The van der Waals surface area contributed by atoms with Gasteiger partial charge in [0.2, 0.25) is 0 Å². The van der Waals surface area contributed by atoms with E-state index in [9.17, 15) is 4.79 Å². The molecular formula is C18H19ClN4OS. The number of carbonyl (C=O) groups excluding carboxylic acids is 1. The topological polar surface area (TPSA) is 59.8 Å². The smallest absolute Gasteiger partial charge is 0.268 e. The van der Waals surface area contributed by atoms with Gasteiger partial charge in [-0.05, 0) is 32.0 Å². The van der Waals surface area contributed by atoms with E-state index in [0.29, 0.717) is 21.6 Å². The van der Waals surface area contributed by atoms with Crippen molar-refractivity contribution in [2.24, 2.45) is 0 Å². The van der Waals surface area contributed by atoms with Crippen LogP contribution in [0, 0.1) is 13.8 Å². The summed E-state index contributed by atoms with van der Waals surface area (Å²) in [5.74, 6) is 0.721. The van der Waals surface area contributed by atoms with Gasteiger partial charge in [-0.2, -0.15) is 5.10 Å². The second-order valence-corrected chi connectivity index (χ2v) is 7.61. The average Bonchev–Trinajstić information content (AvgIpc) is 3.10. The molecule has 0 aliphatic carbocycles. The number of hydrogen-bond donors (Lipinski definition) is 1. The number of hydrogen-bond acceptors (Lipinski definition) is 4. The predicted molar refractivity (Wildman–Crippen MR) is 102 cm³/mol. The highest BCUT2D eigenvalue weighted by Crippen LogP contribution is 2.26.